The number of halogens is 5. The third kappa shape index (κ3) is 4.95. The van der Waals surface area contributed by atoms with Crippen LogP contribution in [-0.2, 0) is 6.42 Å². The Balaban J connectivity index is 1.53. The first kappa shape index (κ1) is 27.1. The summed E-state index contributed by atoms with van der Waals surface area (Å²) in [4.78, 5) is 6.51. The Bertz CT molecular complexity index is 1270. The lowest BCUT2D eigenvalue weighted by Crippen LogP contribution is -2.50. The Labute approximate surface area is 217 Å². The largest absolute Gasteiger partial charge is 0.390 e. The van der Waals surface area contributed by atoms with E-state index in [0.717, 1.165) is 28.6 Å². The molecule has 3 atom stereocenters. The van der Waals surface area contributed by atoms with Crippen LogP contribution in [0.4, 0.5) is 22.0 Å². The molecule has 0 bridgehead atoms. The number of aromatic nitrogens is 1. The molecule has 3 aromatic rings. The number of aliphatic hydroxyl groups is 2. The van der Waals surface area contributed by atoms with Crippen molar-refractivity contribution in [2.24, 2.45) is 5.92 Å². The van der Waals surface area contributed by atoms with Crippen molar-refractivity contribution >= 4 is 10.9 Å². The van der Waals surface area contributed by atoms with Crippen LogP contribution in [-0.4, -0.2) is 76.4 Å². The fourth-order valence-corrected chi connectivity index (χ4v) is 5.97. The van der Waals surface area contributed by atoms with Gasteiger partial charge in [-0.2, -0.15) is 0 Å². The quantitative estimate of drug-likeness (QED) is 0.346. The van der Waals surface area contributed by atoms with Gasteiger partial charge in [-0.25, -0.2) is 17.6 Å². The molecule has 5 nitrogen and oxygen atoms in total. The third-order valence-corrected chi connectivity index (χ3v) is 7.92. The number of benzene rings is 2. The van der Waals surface area contributed by atoms with Gasteiger partial charge in [-0.3, -0.25) is 9.29 Å². The zero-order valence-electron chi connectivity index (χ0n) is 21.1. The van der Waals surface area contributed by atoms with Crippen molar-refractivity contribution in [3.63, 3.8) is 0 Å². The van der Waals surface area contributed by atoms with E-state index in [-0.39, 0.29) is 17.0 Å². The van der Waals surface area contributed by atoms with E-state index in [2.05, 4.69) is 4.98 Å². The average Bonchev–Trinajstić information content (AvgIpc) is 3.22. The van der Waals surface area contributed by atoms with E-state index in [0.29, 0.717) is 38.2 Å². The third-order valence-electron chi connectivity index (χ3n) is 7.92. The van der Waals surface area contributed by atoms with Gasteiger partial charge in [-0.1, -0.05) is 18.2 Å². The van der Waals surface area contributed by atoms with E-state index in [1.165, 1.54) is 4.90 Å². The molecule has 0 aliphatic carbocycles. The maximum absolute atomic E-state index is 15.8. The van der Waals surface area contributed by atoms with Crippen molar-refractivity contribution in [2.45, 2.75) is 43.9 Å². The first-order valence-electron chi connectivity index (χ1n) is 12.9. The van der Waals surface area contributed by atoms with Crippen LogP contribution in [0.15, 0.2) is 36.4 Å². The van der Waals surface area contributed by atoms with Gasteiger partial charge in [0.25, 0.3) is 5.92 Å². The summed E-state index contributed by atoms with van der Waals surface area (Å²) in [7, 11) is 0. The molecule has 2 aromatic carbocycles. The smallest absolute Gasteiger partial charge is 0.283 e. The predicted octanol–water partition coefficient (Wildman–Crippen LogP) is 4.73. The van der Waals surface area contributed by atoms with Crippen molar-refractivity contribution in [3.05, 3.63) is 70.4 Å². The fraction of sp³-hybridized carbons (Fsp3) is 0.500. The maximum atomic E-state index is 15.8. The van der Waals surface area contributed by atoms with E-state index in [9.17, 15) is 23.4 Å². The second-order valence-corrected chi connectivity index (χ2v) is 10.6. The summed E-state index contributed by atoms with van der Waals surface area (Å²) < 4.78 is 72.8. The molecule has 1 fully saturated rings. The Kier molecular flexibility index (Phi) is 7.52. The number of hydrogen-bond donors (Lipinski definition) is 3. The lowest BCUT2D eigenvalue weighted by atomic mass is 9.85. The normalized spacial score (nSPS) is 22.0. The minimum atomic E-state index is -3.47. The van der Waals surface area contributed by atoms with Crippen molar-refractivity contribution in [1.82, 2.24) is 14.8 Å². The van der Waals surface area contributed by atoms with Crippen LogP contribution in [0.2, 0.25) is 0 Å². The van der Waals surface area contributed by atoms with Gasteiger partial charge in [-0.05, 0) is 49.1 Å². The number of rotatable bonds is 9. The van der Waals surface area contributed by atoms with Crippen molar-refractivity contribution in [2.75, 3.05) is 39.5 Å². The number of aliphatic hydroxyl groups excluding tert-OH is 2. The van der Waals surface area contributed by atoms with Gasteiger partial charge < -0.3 is 20.1 Å². The van der Waals surface area contributed by atoms with Crippen LogP contribution in [0.5, 0.6) is 0 Å². The summed E-state index contributed by atoms with van der Waals surface area (Å²) in [6.07, 6.45) is -0.335. The number of likely N-dealkylation sites (tertiary alicyclic amines) is 1. The number of alkyl halides is 3. The molecule has 0 amide bonds. The van der Waals surface area contributed by atoms with Crippen LogP contribution in [0.1, 0.15) is 47.9 Å². The highest BCUT2D eigenvalue weighted by Crippen LogP contribution is 2.44. The van der Waals surface area contributed by atoms with Gasteiger partial charge >= 0.3 is 0 Å². The molecule has 0 radical (unpaired) electrons. The molecule has 1 unspecified atom stereocenters. The Hall–Kier alpha value is -2.53. The molecule has 10 heteroatoms. The highest BCUT2D eigenvalue weighted by molar-refractivity contribution is 5.85. The summed E-state index contributed by atoms with van der Waals surface area (Å²) in [5.74, 6) is -5.59. The molecule has 206 valence electrons. The summed E-state index contributed by atoms with van der Waals surface area (Å²) in [6, 6.07) is 7.84. The van der Waals surface area contributed by atoms with Gasteiger partial charge in [0.05, 0.1) is 25.4 Å². The molecule has 3 heterocycles. The number of fused-ring (bicyclic) bond motifs is 3. The van der Waals surface area contributed by atoms with Crippen LogP contribution in [0, 0.1) is 17.6 Å². The second kappa shape index (κ2) is 10.6. The van der Waals surface area contributed by atoms with Gasteiger partial charge in [0.2, 0.25) is 0 Å². The van der Waals surface area contributed by atoms with Gasteiger partial charge in [0, 0.05) is 53.8 Å². The lowest BCUT2D eigenvalue weighted by molar-refractivity contribution is -0.0869. The molecular formula is C28H32F5N3O2. The minimum absolute atomic E-state index is 0.0758. The number of H-pyrrole nitrogens is 1. The lowest BCUT2D eigenvalue weighted by Gasteiger charge is -2.43. The summed E-state index contributed by atoms with van der Waals surface area (Å²) >= 11 is 0. The summed E-state index contributed by atoms with van der Waals surface area (Å²) in [5.41, 5.74) is 1.68. The molecule has 0 spiro atoms. The SMILES string of the molecule is C[C@@H]1Cc2c([nH]c3ccccc23)[C@@H](c2c(F)cc(C(O)C3CN(CCCF)C3)cc2F)N1CC(F)(F)CO. The molecule has 2 aliphatic rings. The molecule has 1 aromatic heterocycles. The van der Waals surface area contributed by atoms with E-state index in [4.69, 9.17) is 0 Å². The minimum Gasteiger partial charge on any atom is -0.390 e. The first-order chi connectivity index (χ1) is 18.1. The van der Waals surface area contributed by atoms with Crippen molar-refractivity contribution in [3.8, 4) is 0 Å². The van der Waals surface area contributed by atoms with Crippen LogP contribution in [0.3, 0.4) is 0 Å². The highest BCUT2D eigenvalue weighted by atomic mass is 19.3. The van der Waals surface area contributed by atoms with Gasteiger partial charge in [-0.15, -0.1) is 0 Å². The second-order valence-electron chi connectivity index (χ2n) is 10.6. The number of hydrogen-bond acceptors (Lipinski definition) is 4. The molecule has 38 heavy (non-hydrogen) atoms. The Morgan fingerprint density at radius 2 is 1.82 bits per heavy atom. The molecule has 2 aliphatic heterocycles. The predicted molar refractivity (Wildman–Crippen MR) is 134 cm³/mol. The Morgan fingerprint density at radius 1 is 1.13 bits per heavy atom. The zero-order chi connectivity index (χ0) is 27.2. The average molecular weight is 538 g/mol. The maximum Gasteiger partial charge on any atom is 0.283 e. The zero-order valence-corrected chi connectivity index (χ0v) is 21.1. The number of para-hydroxylation sites is 1. The topological polar surface area (TPSA) is 62.7 Å². The number of nitrogens with one attached hydrogen (secondary N) is 1. The standard InChI is InChI=1S/C28H32F5N3O2/c1-16-9-20-19-5-2-3-6-23(19)34-25(20)26(36(16)14-28(32,33)15-37)24-21(30)10-17(11-22(24)31)27(38)18-12-35(13-18)8-4-7-29/h2-3,5-6,10-11,16,18,26-27,34,37-38H,4,7-9,12-15H2,1H3/t16-,26-,27?/m1/s1. The summed E-state index contributed by atoms with van der Waals surface area (Å²) in [6.45, 7) is 0.573. The van der Waals surface area contributed by atoms with E-state index in [1.54, 1.807) is 6.92 Å². The number of aromatic amines is 1. The van der Waals surface area contributed by atoms with Gasteiger partial charge in [0.1, 0.15) is 18.2 Å². The van der Waals surface area contributed by atoms with E-state index < -0.39 is 55.6 Å². The van der Waals surface area contributed by atoms with Crippen LogP contribution in [0.25, 0.3) is 10.9 Å². The highest BCUT2D eigenvalue weighted by Gasteiger charge is 2.44. The van der Waals surface area contributed by atoms with Gasteiger partial charge in [0.15, 0.2) is 0 Å². The van der Waals surface area contributed by atoms with Crippen molar-refractivity contribution in [1.29, 1.82) is 0 Å². The monoisotopic (exact) mass is 537 g/mol. The first-order valence-corrected chi connectivity index (χ1v) is 12.9. The van der Waals surface area contributed by atoms with Crippen LogP contribution >= 0.6 is 0 Å². The van der Waals surface area contributed by atoms with E-state index >= 15 is 8.78 Å². The Morgan fingerprint density at radius 3 is 2.47 bits per heavy atom. The number of nitrogens with zero attached hydrogens (tertiary/aromatic N) is 2. The van der Waals surface area contributed by atoms with Crippen LogP contribution < -0.4 is 0 Å². The summed E-state index contributed by atoms with van der Waals surface area (Å²) in [5, 5.41) is 20.9. The molecule has 5 rings (SSSR count). The fourth-order valence-electron chi connectivity index (χ4n) is 5.97. The molecular weight excluding hydrogens is 505 g/mol. The van der Waals surface area contributed by atoms with Crippen molar-refractivity contribution < 1.29 is 32.2 Å². The molecule has 1 saturated heterocycles. The van der Waals surface area contributed by atoms with E-state index in [1.807, 2.05) is 29.2 Å². The molecule has 3 N–H and O–H groups in total. The molecule has 0 saturated carbocycles.